The number of nitrogens with one attached hydrogen (secondary N) is 2. The second kappa shape index (κ2) is 13.8. The van der Waals surface area contributed by atoms with Gasteiger partial charge in [-0.05, 0) is 50.6 Å². The molecular weight excluding hydrogens is 497 g/mol. The van der Waals surface area contributed by atoms with Crippen molar-refractivity contribution in [2.24, 2.45) is 4.99 Å². The first-order chi connectivity index (χ1) is 14.1. The van der Waals surface area contributed by atoms with Gasteiger partial charge in [0.25, 0.3) is 0 Å². The number of guanidine groups is 1. The van der Waals surface area contributed by atoms with E-state index in [0.717, 1.165) is 23.5 Å². The number of hydrogen-bond acceptors (Lipinski definition) is 5. The minimum absolute atomic E-state index is 0. The van der Waals surface area contributed by atoms with Gasteiger partial charge >= 0.3 is 0 Å². The number of benzene rings is 2. The molecule has 0 saturated heterocycles. The van der Waals surface area contributed by atoms with Crippen LogP contribution in [0.5, 0.6) is 23.0 Å². The van der Waals surface area contributed by atoms with Crippen LogP contribution in [0.4, 0.5) is 5.69 Å². The lowest BCUT2D eigenvalue weighted by Crippen LogP contribution is -2.30. The molecule has 0 aliphatic rings. The number of aliphatic imine (C=N–C) groups is 1. The SMILES string of the molecule is CCNC(=NCc1ccc(OCC)c(OC)c1)Nc1ccc(OCC)c(OC)c1.I. The van der Waals surface area contributed by atoms with Gasteiger partial charge in [0.05, 0.1) is 34.0 Å². The molecule has 2 rings (SSSR count). The summed E-state index contributed by atoms with van der Waals surface area (Å²) < 4.78 is 22.0. The van der Waals surface area contributed by atoms with Gasteiger partial charge in [0, 0.05) is 18.3 Å². The van der Waals surface area contributed by atoms with E-state index in [1.54, 1.807) is 14.2 Å². The highest BCUT2D eigenvalue weighted by molar-refractivity contribution is 14.0. The quantitative estimate of drug-likeness (QED) is 0.264. The van der Waals surface area contributed by atoms with Crippen molar-refractivity contribution < 1.29 is 18.9 Å². The summed E-state index contributed by atoms with van der Waals surface area (Å²) in [6.45, 7) is 8.32. The number of ether oxygens (including phenoxy) is 4. The van der Waals surface area contributed by atoms with E-state index in [1.807, 2.05) is 57.2 Å². The Labute approximate surface area is 196 Å². The summed E-state index contributed by atoms with van der Waals surface area (Å²) in [5, 5.41) is 6.55. The third-order valence-corrected chi connectivity index (χ3v) is 4.02. The maximum absolute atomic E-state index is 5.57. The number of nitrogens with zero attached hydrogens (tertiary/aromatic N) is 1. The lowest BCUT2D eigenvalue weighted by Gasteiger charge is -2.15. The molecule has 0 atom stereocenters. The van der Waals surface area contributed by atoms with Gasteiger partial charge in [-0.25, -0.2) is 4.99 Å². The van der Waals surface area contributed by atoms with Crippen LogP contribution in [0.15, 0.2) is 41.4 Å². The van der Waals surface area contributed by atoms with E-state index < -0.39 is 0 Å². The molecule has 0 spiro atoms. The number of hydrogen-bond donors (Lipinski definition) is 2. The Morgan fingerprint density at radius 3 is 2.00 bits per heavy atom. The molecule has 30 heavy (non-hydrogen) atoms. The molecule has 0 fully saturated rings. The highest BCUT2D eigenvalue weighted by Gasteiger charge is 2.08. The van der Waals surface area contributed by atoms with Gasteiger partial charge < -0.3 is 29.6 Å². The van der Waals surface area contributed by atoms with E-state index in [2.05, 4.69) is 15.6 Å². The Hall–Kier alpha value is -2.36. The molecule has 0 radical (unpaired) electrons. The van der Waals surface area contributed by atoms with Gasteiger partial charge in [-0.3, -0.25) is 0 Å². The van der Waals surface area contributed by atoms with E-state index in [4.69, 9.17) is 18.9 Å². The summed E-state index contributed by atoms with van der Waals surface area (Å²) >= 11 is 0. The van der Waals surface area contributed by atoms with Crippen LogP contribution in [0.1, 0.15) is 26.3 Å². The van der Waals surface area contributed by atoms with Crippen LogP contribution in [0.2, 0.25) is 0 Å². The third-order valence-electron chi connectivity index (χ3n) is 4.02. The van der Waals surface area contributed by atoms with Crippen molar-refractivity contribution in [2.75, 3.05) is 39.3 Å². The van der Waals surface area contributed by atoms with Crippen molar-refractivity contribution in [3.05, 3.63) is 42.0 Å². The van der Waals surface area contributed by atoms with Crippen molar-refractivity contribution in [1.82, 2.24) is 5.32 Å². The first kappa shape index (κ1) is 25.7. The van der Waals surface area contributed by atoms with Crippen LogP contribution in [-0.4, -0.2) is 39.9 Å². The monoisotopic (exact) mass is 529 g/mol. The van der Waals surface area contributed by atoms with Gasteiger partial charge in [-0.15, -0.1) is 24.0 Å². The fourth-order valence-corrected chi connectivity index (χ4v) is 2.72. The molecule has 8 heteroatoms. The predicted molar refractivity (Wildman–Crippen MR) is 132 cm³/mol. The second-order valence-electron chi connectivity index (χ2n) is 6.04. The minimum Gasteiger partial charge on any atom is -0.493 e. The van der Waals surface area contributed by atoms with Crippen LogP contribution in [0.25, 0.3) is 0 Å². The summed E-state index contributed by atoms with van der Waals surface area (Å²) in [7, 11) is 3.26. The molecular formula is C22H32IN3O4. The average Bonchev–Trinajstić information content (AvgIpc) is 2.74. The molecule has 0 aromatic heterocycles. The third kappa shape index (κ3) is 7.47. The van der Waals surface area contributed by atoms with E-state index in [0.29, 0.717) is 43.0 Å². The largest absolute Gasteiger partial charge is 0.493 e. The summed E-state index contributed by atoms with van der Waals surface area (Å²) in [4.78, 5) is 4.67. The Morgan fingerprint density at radius 2 is 1.43 bits per heavy atom. The van der Waals surface area contributed by atoms with Crippen LogP contribution in [0, 0.1) is 0 Å². The molecule has 2 aromatic rings. The maximum atomic E-state index is 5.57. The lowest BCUT2D eigenvalue weighted by molar-refractivity contribution is 0.310. The van der Waals surface area contributed by atoms with E-state index in [-0.39, 0.29) is 24.0 Å². The van der Waals surface area contributed by atoms with Crippen LogP contribution < -0.4 is 29.6 Å². The summed E-state index contributed by atoms with van der Waals surface area (Å²) in [5.41, 5.74) is 1.88. The van der Waals surface area contributed by atoms with Crippen LogP contribution in [-0.2, 0) is 6.54 Å². The number of rotatable bonds is 10. The van der Waals surface area contributed by atoms with Crippen molar-refractivity contribution in [2.45, 2.75) is 27.3 Å². The number of anilines is 1. The molecule has 0 saturated carbocycles. The second-order valence-corrected chi connectivity index (χ2v) is 6.04. The summed E-state index contributed by atoms with van der Waals surface area (Å²) in [6.07, 6.45) is 0. The first-order valence-corrected chi connectivity index (χ1v) is 9.80. The molecule has 0 aliphatic carbocycles. The zero-order chi connectivity index (χ0) is 21.1. The Bertz CT molecular complexity index is 815. The first-order valence-electron chi connectivity index (χ1n) is 9.80. The van der Waals surface area contributed by atoms with Gasteiger partial charge in [0.15, 0.2) is 29.0 Å². The molecule has 0 aliphatic heterocycles. The zero-order valence-corrected chi connectivity index (χ0v) is 20.6. The fourth-order valence-electron chi connectivity index (χ4n) is 2.72. The maximum Gasteiger partial charge on any atom is 0.196 e. The Morgan fingerprint density at radius 1 is 0.833 bits per heavy atom. The van der Waals surface area contributed by atoms with Crippen LogP contribution in [0.3, 0.4) is 0 Å². The van der Waals surface area contributed by atoms with Crippen LogP contribution >= 0.6 is 24.0 Å². The van der Waals surface area contributed by atoms with Gasteiger partial charge in [-0.2, -0.15) is 0 Å². The molecule has 0 amide bonds. The molecule has 7 nitrogen and oxygen atoms in total. The van der Waals surface area contributed by atoms with Crippen molar-refractivity contribution in [1.29, 1.82) is 0 Å². The van der Waals surface area contributed by atoms with Crippen molar-refractivity contribution in [3.63, 3.8) is 0 Å². The zero-order valence-electron chi connectivity index (χ0n) is 18.3. The molecule has 0 unspecified atom stereocenters. The topological polar surface area (TPSA) is 73.3 Å². The van der Waals surface area contributed by atoms with E-state index in [9.17, 15) is 0 Å². The number of methoxy groups -OCH3 is 2. The predicted octanol–water partition coefficient (Wildman–Crippen LogP) is 4.70. The van der Waals surface area contributed by atoms with E-state index in [1.165, 1.54) is 0 Å². The highest BCUT2D eigenvalue weighted by Crippen LogP contribution is 2.30. The minimum atomic E-state index is 0. The Kier molecular flexibility index (Phi) is 11.8. The fraction of sp³-hybridized carbons (Fsp3) is 0.409. The van der Waals surface area contributed by atoms with Crippen molar-refractivity contribution in [3.8, 4) is 23.0 Å². The molecule has 2 aromatic carbocycles. The standard InChI is InChI=1S/C22H31N3O4.HI/c1-6-23-22(25-17-10-12-19(29-8-3)21(14-17)27-5)24-15-16-9-11-18(28-7-2)20(13-16)26-4;/h9-14H,6-8,15H2,1-5H3,(H2,23,24,25);1H. The summed E-state index contributed by atoms with van der Waals surface area (Å²) in [5.74, 6) is 3.49. The van der Waals surface area contributed by atoms with Gasteiger partial charge in [0.1, 0.15) is 0 Å². The van der Waals surface area contributed by atoms with Crippen molar-refractivity contribution >= 4 is 35.6 Å². The van der Waals surface area contributed by atoms with Gasteiger partial charge in [-0.1, -0.05) is 6.07 Å². The average molecular weight is 529 g/mol. The molecule has 166 valence electrons. The highest BCUT2D eigenvalue weighted by atomic mass is 127. The molecule has 2 N–H and O–H groups in total. The Balaban J connectivity index is 0.00000450. The molecule has 0 bridgehead atoms. The summed E-state index contributed by atoms with van der Waals surface area (Å²) in [6, 6.07) is 11.5. The number of halogens is 1. The van der Waals surface area contributed by atoms with Gasteiger partial charge in [0.2, 0.25) is 0 Å². The smallest absolute Gasteiger partial charge is 0.196 e. The molecule has 0 heterocycles. The lowest BCUT2D eigenvalue weighted by atomic mass is 10.2. The van der Waals surface area contributed by atoms with E-state index >= 15 is 0 Å². The normalized spacial score (nSPS) is 10.6.